The van der Waals surface area contributed by atoms with Crippen LogP contribution in [0.25, 0.3) is 11.2 Å². The smallest absolute Gasteiger partial charge is 0.329 e. The number of methoxy groups -OCH3 is 1. The topological polar surface area (TPSA) is 115 Å². The lowest BCUT2D eigenvalue weighted by molar-refractivity contribution is 0.0936. The Labute approximate surface area is 172 Å². The Hall–Kier alpha value is -3.27. The molecule has 10 heteroatoms. The predicted molar refractivity (Wildman–Crippen MR) is 112 cm³/mol. The second kappa shape index (κ2) is 8.23. The number of aromatic amines is 1. The van der Waals surface area contributed by atoms with Gasteiger partial charge in [-0.25, -0.2) is 4.79 Å². The summed E-state index contributed by atoms with van der Waals surface area (Å²) in [6.45, 7) is 1.77. The van der Waals surface area contributed by atoms with Crippen molar-refractivity contribution in [2.45, 2.75) is 25.5 Å². The minimum Gasteiger partial charge on any atom is -0.497 e. The molecule has 160 valence electrons. The molecular formula is C20H25N5O5. The summed E-state index contributed by atoms with van der Waals surface area (Å²) in [6, 6.07) is 7.07. The molecule has 3 heterocycles. The maximum absolute atomic E-state index is 12.5. The van der Waals surface area contributed by atoms with E-state index in [1.165, 1.54) is 4.57 Å². The fourth-order valence-corrected chi connectivity index (χ4v) is 3.68. The maximum Gasteiger partial charge on any atom is 0.329 e. The Morgan fingerprint density at radius 2 is 1.83 bits per heavy atom. The van der Waals surface area contributed by atoms with Crippen LogP contribution in [0.3, 0.4) is 0 Å². The van der Waals surface area contributed by atoms with Gasteiger partial charge in [0, 0.05) is 20.1 Å². The lowest BCUT2D eigenvalue weighted by Gasteiger charge is -2.20. The molecule has 1 aliphatic rings. The highest BCUT2D eigenvalue weighted by Gasteiger charge is 2.25. The van der Waals surface area contributed by atoms with Crippen LogP contribution in [-0.2, 0) is 13.6 Å². The van der Waals surface area contributed by atoms with Crippen molar-refractivity contribution in [3.05, 3.63) is 45.1 Å². The van der Waals surface area contributed by atoms with Crippen molar-refractivity contribution < 1.29 is 14.6 Å². The number of aliphatic hydroxyl groups is 1. The van der Waals surface area contributed by atoms with Gasteiger partial charge in [-0.3, -0.25) is 14.3 Å². The van der Waals surface area contributed by atoms with Crippen molar-refractivity contribution in [1.29, 1.82) is 0 Å². The molecule has 10 nitrogen and oxygen atoms in total. The van der Waals surface area contributed by atoms with Crippen LogP contribution in [0.1, 0.15) is 12.8 Å². The average Bonchev–Trinajstić information content (AvgIpc) is 3.39. The molecule has 0 radical (unpaired) electrons. The van der Waals surface area contributed by atoms with Gasteiger partial charge in [-0.1, -0.05) is 0 Å². The van der Waals surface area contributed by atoms with E-state index in [1.54, 1.807) is 43.0 Å². The number of H-pyrrole nitrogens is 1. The molecule has 0 amide bonds. The summed E-state index contributed by atoms with van der Waals surface area (Å²) in [5.74, 6) is 1.90. The number of aromatic nitrogens is 4. The highest BCUT2D eigenvalue weighted by atomic mass is 16.5. The lowest BCUT2D eigenvalue weighted by Crippen LogP contribution is -2.31. The van der Waals surface area contributed by atoms with Gasteiger partial charge in [0.2, 0.25) is 5.95 Å². The molecular weight excluding hydrogens is 390 g/mol. The second-order valence-electron chi connectivity index (χ2n) is 7.35. The predicted octanol–water partition coefficient (Wildman–Crippen LogP) is 0.472. The Morgan fingerprint density at radius 1 is 1.17 bits per heavy atom. The molecule has 3 aromatic rings. The molecule has 1 fully saturated rings. The van der Waals surface area contributed by atoms with Gasteiger partial charge in [-0.05, 0) is 37.1 Å². The van der Waals surface area contributed by atoms with Crippen LogP contribution in [0.4, 0.5) is 5.95 Å². The van der Waals surface area contributed by atoms with E-state index >= 15 is 0 Å². The number of fused-ring (bicyclic) bond motifs is 1. The number of aliphatic hydroxyl groups excluding tert-OH is 1. The molecule has 1 saturated heterocycles. The standard InChI is InChI=1S/C20H25N5O5/c1-23-17-16(18(27)22-20(23)28)25(19(21-17)24-9-3-4-10-24)11-13(26)12-30-15-7-5-14(29-2)6-8-15/h5-8,13,26H,3-4,9-12H2,1-2H3,(H,22,27,28). The van der Waals surface area contributed by atoms with Gasteiger partial charge in [0.15, 0.2) is 11.2 Å². The number of rotatable bonds is 7. The van der Waals surface area contributed by atoms with Gasteiger partial charge in [0.1, 0.15) is 24.2 Å². The number of ether oxygens (including phenoxy) is 2. The SMILES string of the molecule is COc1ccc(OCC(O)Cn2c(N3CCCC3)nc3c2c(=O)[nH]c(=O)n3C)cc1. The summed E-state index contributed by atoms with van der Waals surface area (Å²) in [5.41, 5.74) is -0.473. The van der Waals surface area contributed by atoms with Crippen LogP contribution >= 0.6 is 0 Å². The van der Waals surface area contributed by atoms with Crippen molar-refractivity contribution in [2.24, 2.45) is 7.05 Å². The van der Waals surface area contributed by atoms with Gasteiger partial charge in [-0.2, -0.15) is 4.98 Å². The molecule has 1 aliphatic heterocycles. The third-order valence-corrected chi connectivity index (χ3v) is 5.27. The van der Waals surface area contributed by atoms with Gasteiger partial charge in [0.05, 0.1) is 13.7 Å². The summed E-state index contributed by atoms with van der Waals surface area (Å²) >= 11 is 0. The molecule has 0 saturated carbocycles. The number of hydrogen-bond donors (Lipinski definition) is 2. The molecule has 1 unspecified atom stereocenters. The molecule has 0 bridgehead atoms. The van der Waals surface area contributed by atoms with Crippen LogP contribution < -0.4 is 25.6 Å². The molecule has 1 atom stereocenters. The van der Waals surface area contributed by atoms with Crippen molar-refractivity contribution in [3.63, 3.8) is 0 Å². The van der Waals surface area contributed by atoms with E-state index in [4.69, 9.17) is 9.47 Å². The zero-order chi connectivity index (χ0) is 21.3. The van der Waals surface area contributed by atoms with Crippen molar-refractivity contribution in [3.8, 4) is 11.5 Å². The fraction of sp³-hybridized carbons (Fsp3) is 0.450. The number of imidazole rings is 1. The van der Waals surface area contributed by atoms with Crippen molar-refractivity contribution in [1.82, 2.24) is 19.1 Å². The van der Waals surface area contributed by atoms with Crippen molar-refractivity contribution >= 4 is 17.1 Å². The summed E-state index contributed by atoms with van der Waals surface area (Å²) in [6.07, 6.45) is 1.17. The van der Waals surface area contributed by atoms with Crippen LogP contribution in [0.5, 0.6) is 11.5 Å². The minimum absolute atomic E-state index is 0.0368. The Bertz CT molecular complexity index is 1140. The number of aryl methyl sites for hydroxylation is 1. The summed E-state index contributed by atoms with van der Waals surface area (Å²) in [7, 11) is 3.15. The average molecular weight is 415 g/mol. The van der Waals surface area contributed by atoms with Crippen molar-refractivity contribution in [2.75, 3.05) is 31.7 Å². The number of hydrogen-bond acceptors (Lipinski definition) is 7. The van der Waals surface area contributed by atoms with Crippen LogP contribution in [-0.4, -0.2) is 57.1 Å². The molecule has 0 spiro atoms. The first-order chi connectivity index (χ1) is 14.5. The zero-order valence-electron chi connectivity index (χ0n) is 17.0. The molecule has 30 heavy (non-hydrogen) atoms. The first-order valence-electron chi connectivity index (χ1n) is 9.87. The highest BCUT2D eigenvalue weighted by molar-refractivity contribution is 5.74. The number of nitrogens with zero attached hydrogens (tertiary/aromatic N) is 4. The van der Waals surface area contributed by atoms with Gasteiger partial charge in [-0.15, -0.1) is 0 Å². The molecule has 2 aromatic heterocycles. The number of anilines is 1. The largest absolute Gasteiger partial charge is 0.497 e. The Kier molecular flexibility index (Phi) is 5.49. The van der Waals surface area contributed by atoms with Crippen LogP contribution in [0, 0.1) is 0 Å². The Morgan fingerprint density at radius 3 is 2.50 bits per heavy atom. The van der Waals surface area contributed by atoms with E-state index in [2.05, 4.69) is 14.9 Å². The number of nitrogens with one attached hydrogen (secondary N) is 1. The van der Waals surface area contributed by atoms with Crippen LogP contribution in [0.15, 0.2) is 33.9 Å². The first-order valence-corrected chi connectivity index (χ1v) is 9.87. The van der Waals surface area contributed by atoms with E-state index in [9.17, 15) is 14.7 Å². The first kappa shape index (κ1) is 20.0. The monoisotopic (exact) mass is 415 g/mol. The minimum atomic E-state index is -0.887. The number of benzene rings is 1. The molecule has 0 aliphatic carbocycles. The normalized spacial score (nSPS) is 15.0. The summed E-state index contributed by atoms with van der Waals surface area (Å²) < 4.78 is 13.8. The lowest BCUT2D eigenvalue weighted by atomic mass is 10.3. The summed E-state index contributed by atoms with van der Waals surface area (Å²) in [4.78, 5) is 33.5. The molecule has 1 aromatic carbocycles. The van der Waals surface area contributed by atoms with E-state index in [0.717, 1.165) is 25.9 Å². The van der Waals surface area contributed by atoms with Gasteiger partial charge in [0.25, 0.3) is 5.56 Å². The van der Waals surface area contributed by atoms with Gasteiger partial charge >= 0.3 is 5.69 Å². The summed E-state index contributed by atoms with van der Waals surface area (Å²) in [5, 5.41) is 10.6. The molecule has 2 N–H and O–H groups in total. The van der Waals surface area contributed by atoms with E-state index in [1.807, 2.05) is 0 Å². The quantitative estimate of drug-likeness (QED) is 0.577. The highest BCUT2D eigenvalue weighted by Crippen LogP contribution is 2.24. The second-order valence-corrected chi connectivity index (χ2v) is 7.35. The fourth-order valence-electron chi connectivity index (χ4n) is 3.68. The zero-order valence-corrected chi connectivity index (χ0v) is 17.0. The third-order valence-electron chi connectivity index (χ3n) is 5.27. The Balaban J connectivity index is 1.61. The molecule has 4 rings (SSSR count). The van der Waals surface area contributed by atoms with Gasteiger partial charge < -0.3 is 24.0 Å². The van der Waals surface area contributed by atoms with Crippen LogP contribution in [0.2, 0.25) is 0 Å². The van der Waals surface area contributed by atoms with E-state index < -0.39 is 17.4 Å². The maximum atomic E-state index is 12.5. The van der Waals surface area contributed by atoms with E-state index in [0.29, 0.717) is 23.1 Å². The third kappa shape index (κ3) is 3.78. The van der Waals surface area contributed by atoms with E-state index in [-0.39, 0.29) is 18.7 Å².